The van der Waals surface area contributed by atoms with E-state index in [4.69, 9.17) is 4.65 Å². The second-order valence-electron chi connectivity index (χ2n) is 17.5. The summed E-state index contributed by atoms with van der Waals surface area (Å²) >= 11 is 0. The Hall–Kier alpha value is -4.70. The first-order valence-corrected chi connectivity index (χ1v) is 19.0. The average Bonchev–Trinajstić information content (AvgIpc) is 3.49. The van der Waals surface area contributed by atoms with Crippen LogP contribution in [0.4, 0.5) is 0 Å². The maximum Gasteiger partial charge on any atom is 0.330 e. The smallest absolute Gasteiger partial charge is 0.330 e. The van der Waals surface area contributed by atoms with Gasteiger partial charge in [0.2, 0.25) is 0 Å². The van der Waals surface area contributed by atoms with Gasteiger partial charge in [-0.15, -0.1) is 0 Å². The third-order valence-electron chi connectivity index (χ3n) is 12.6. The zero-order chi connectivity index (χ0) is 37.7. The molecule has 2 aliphatic rings. The fourth-order valence-corrected chi connectivity index (χ4v) is 8.65. The van der Waals surface area contributed by atoms with Gasteiger partial charge < -0.3 is 9.76 Å². The van der Waals surface area contributed by atoms with E-state index in [0.29, 0.717) is 0 Å². The minimum atomic E-state index is -0.962. The Balaban J connectivity index is 1.06. The fraction of sp³-hybridized carbons (Fsp3) is 0.280. The third kappa shape index (κ3) is 5.72. The van der Waals surface area contributed by atoms with Crippen molar-refractivity contribution in [2.75, 3.05) is 0 Å². The predicted molar refractivity (Wildman–Crippen MR) is 224 cm³/mol. The summed E-state index contributed by atoms with van der Waals surface area (Å²) in [6, 6.07) is 43.2. The van der Waals surface area contributed by atoms with Crippen LogP contribution in [0.1, 0.15) is 88.8 Å². The first-order valence-electron chi connectivity index (χ1n) is 19.0. The molecule has 0 bridgehead atoms. The molecular weight excluding hydrogens is 643 g/mol. The Morgan fingerprint density at radius 3 is 1.40 bits per heavy atom. The van der Waals surface area contributed by atoms with Gasteiger partial charge in [-0.1, -0.05) is 130 Å². The largest absolute Gasteiger partial charge is 0.427 e. The first kappa shape index (κ1) is 35.3. The van der Waals surface area contributed by atoms with Gasteiger partial charge in [-0.2, -0.15) is 0 Å². The summed E-state index contributed by atoms with van der Waals surface area (Å²) in [4.78, 5) is 0. The van der Waals surface area contributed by atoms with Gasteiger partial charge in [0.25, 0.3) is 0 Å². The topological polar surface area (TPSA) is 29.5 Å². The van der Waals surface area contributed by atoms with Crippen molar-refractivity contribution >= 4 is 12.9 Å². The van der Waals surface area contributed by atoms with Crippen molar-refractivity contribution in [2.45, 2.75) is 91.3 Å². The van der Waals surface area contributed by atoms with Crippen molar-refractivity contribution in [2.24, 2.45) is 0 Å². The lowest BCUT2D eigenvalue weighted by Gasteiger charge is -2.37. The Kier molecular flexibility index (Phi) is 8.11. The van der Waals surface area contributed by atoms with E-state index in [1.165, 1.54) is 89.0 Å². The van der Waals surface area contributed by atoms with Crippen LogP contribution >= 0.6 is 0 Å². The van der Waals surface area contributed by atoms with Gasteiger partial charge in [-0.3, -0.25) is 0 Å². The molecule has 6 aromatic carbocycles. The van der Waals surface area contributed by atoms with E-state index in [-0.39, 0.29) is 10.8 Å². The van der Waals surface area contributed by atoms with Crippen LogP contribution in [0.15, 0.2) is 115 Å². The zero-order valence-corrected chi connectivity index (χ0v) is 32.9. The van der Waals surface area contributed by atoms with Crippen LogP contribution in [0, 0.1) is 13.8 Å². The highest BCUT2D eigenvalue weighted by Gasteiger charge is 2.38. The second-order valence-corrected chi connectivity index (χ2v) is 17.5. The van der Waals surface area contributed by atoms with Crippen LogP contribution in [-0.4, -0.2) is 23.8 Å². The van der Waals surface area contributed by atoms with Crippen LogP contribution in [0.3, 0.4) is 0 Å². The van der Waals surface area contributed by atoms with E-state index in [1.807, 2.05) is 13.8 Å². The zero-order valence-electron chi connectivity index (χ0n) is 32.9. The molecule has 0 aromatic heterocycles. The predicted octanol–water partition coefficient (Wildman–Crippen LogP) is 11.7. The van der Waals surface area contributed by atoms with Crippen molar-refractivity contribution in [1.82, 2.24) is 0 Å². The Labute approximate surface area is 317 Å². The molecule has 8 rings (SSSR count). The molecule has 53 heavy (non-hydrogen) atoms. The molecule has 0 aliphatic heterocycles. The van der Waals surface area contributed by atoms with Crippen molar-refractivity contribution in [3.8, 4) is 55.6 Å². The van der Waals surface area contributed by atoms with Crippen molar-refractivity contribution in [1.29, 1.82) is 0 Å². The lowest BCUT2D eigenvalue weighted by atomic mass is 9.79. The molecule has 0 atom stereocenters. The lowest BCUT2D eigenvalue weighted by Crippen LogP contribution is -2.49. The highest BCUT2D eigenvalue weighted by molar-refractivity contribution is 6.47. The summed E-state index contributed by atoms with van der Waals surface area (Å²) in [6.45, 7) is 21.2. The molecule has 1 N–H and O–H groups in total. The number of hydrogen-bond acceptors (Lipinski definition) is 2. The van der Waals surface area contributed by atoms with Gasteiger partial charge in [0, 0.05) is 10.8 Å². The Morgan fingerprint density at radius 2 is 0.906 bits per heavy atom. The summed E-state index contributed by atoms with van der Waals surface area (Å²) in [6.07, 6.45) is 0. The van der Waals surface area contributed by atoms with Gasteiger partial charge in [0.15, 0.2) is 0 Å². The summed E-state index contributed by atoms with van der Waals surface area (Å²) in [7, 11) is 1.74. The molecule has 0 unspecified atom stereocenters. The number of aryl methyl sites for hydroxylation is 2. The average molecular weight is 694 g/mol. The van der Waals surface area contributed by atoms with E-state index in [1.54, 1.807) is 21.3 Å². The molecule has 2 aliphatic carbocycles. The summed E-state index contributed by atoms with van der Waals surface area (Å²) in [5.41, 5.74) is 20.2. The molecule has 0 saturated carbocycles. The number of aliphatic hydroxyl groups is 1. The number of rotatable bonds is 7. The van der Waals surface area contributed by atoms with Gasteiger partial charge in [0.05, 0.1) is 11.2 Å². The van der Waals surface area contributed by atoms with E-state index < -0.39 is 11.2 Å². The molecule has 0 heterocycles. The van der Waals surface area contributed by atoms with Gasteiger partial charge in [-0.05, 0) is 149 Å². The summed E-state index contributed by atoms with van der Waals surface area (Å²) in [5.74, 6) is 0. The molecule has 0 fully saturated rings. The van der Waals surface area contributed by atoms with E-state index >= 15 is 0 Å². The maximum absolute atomic E-state index is 10.5. The minimum absolute atomic E-state index is 0.0192. The van der Waals surface area contributed by atoms with Gasteiger partial charge in [-0.25, -0.2) is 0 Å². The molecule has 0 amide bonds. The molecule has 0 saturated heterocycles. The highest BCUT2D eigenvalue weighted by atomic mass is 16.5. The monoisotopic (exact) mass is 693 g/mol. The van der Waals surface area contributed by atoms with Gasteiger partial charge in [0.1, 0.15) is 0 Å². The van der Waals surface area contributed by atoms with Crippen LogP contribution in [0.5, 0.6) is 0 Å². The molecule has 265 valence electrons. The Morgan fingerprint density at radius 1 is 0.491 bits per heavy atom. The number of fused-ring (bicyclic) bond motifs is 6. The van der Waals surface area contributed by atoms with Gasteiger partial charge >= 0.3 is 7.48 Å². The number of hydrogen-bond donors (Lipinski definition) is 1. The molecule has 0 spiro atoms. The minimum Gasteiger partial charge on any atom is -0.427 e. The summed E-state index contributed by atoms with van der Waals surface area (Å²) < 4.78 is 5.99. The lowest BCUT2D eigenvalue weighted by molar-refractivity contribution is -0.0893. The van der Waals surface area contributed by atoms with E-state index in [9.17, 15) is 5.11 Å². The number of benzene rings is 6. The molecule has 3 heteroatoms. The fourth-order valence-electron chi connectivity index (χ4n) is 8.65. The van der Waals surface area contributed by atoms with Crippen LogP contribution in [-0.2, 0) is 15.5 Å². The normalized spacial score (nSPS) is 15.1. The SMILES string of the molecule is Cc1cc(-c2ccc3c(c2)C(C)(C)c2cc(-c4ccc5c(c4)C(C)(C)c4ccccc4-5)ccc2-3)cc(C)c1-c1ccc([B]OC(C)(C)C(C)(C)O)cc1. The molecule has 6 aromatic rings. The van der Waals surface area contributed by atoms with E-state index in [0.717, 1.165) is 5.46 Å². The standard InChI is InChI=1S/C50H50BO2/c1-30-25-36(26-31(2)46(30)32-15-20-37(21-16-32)51-53-50(9,10)49(7,8)52)35-19-24-41-40-23-18-34(28-44(40)48(5,6)45(41)29-35)33-17-22-39-38-13-11-12-14-42(38)47(3,4)43(39)27-33/h11-29,52H,1-10H3. The second kappa shape index (κ2) is 12.2. The van der Waals surface area contributed by atoms with Crippen LogP contribution in [0.25, 0.3) is 55.6 Å². The van der Waals surface area contributed by atoms with E-state index in [2.05, 4.69) is 157 Å². The van der Waals surface area contributed by atoms with Crippen LogP contribution < -0.4 is 5.46 Å². The van der Waals surface area contributed by atoms with Crippen LogP contribution in [0.2, 0.25) is 0 Å². The van der Waals surface area contributed by atoms with Crippen molar-refractivity contribution in [3.63, 3.8) is 0 Å². The maximum atomic E-state index is 10.5. The third-order valence-corrected chi connectivity index (χ3v) is 12.6. The quantitative estimate of drug-likeness (QED) is 0.169. The highest BCUT2D eigenvalue weighted by Crippen LogP contribution is 2.52. The van der Waals surface area contributed by atoms with Crippen molar-refractivity contribution < 1.29 is 9.76 Å². The molecule has 1 radical (unpaired) electrons. The molecule has 2 nitrogen and oxygen atoms in total. The summed E-state index contributed by atoms with van der Waals surface area (Å²) in [5, 5.41) is 10.5. The Bertz CT molecular complexity index is 2400. The first-order chi connectivity index (χ1) is 25.0. The molecular formula is C50H50BO2. The van der Waals surface area contributed by atoms with Crippen molar-refractivity contribution in [3.05, 3.63) is 149 Å².